The van der Waals surface area contributed by atoms with Crippen LogP contribution in [0.3, 0.4) is 0 Å². The molecule has 6 nitrogen and oxygen atoms in total. The van der Waals surface area contributed by atoms with Crippen molar-refractivity contribution in [3.63, 3.8) is 0 Å². The van der Waals surface area contributed by atoms with E-state index in [9.17, 15) is 18.0 Å². The van der Waals surface area contributed by atoms with Gasteiger partial charge < -0.3 is 15.3 Å². The number of rotatable bonds is 3. The number of hydrogen-bond donors (Lipinski definition) is 2. The molecule has 0 aliphatic heterocycles. The first kappa shape index (κ1) is 16.9. The maximum atomic E-state index is 13.7. The van der Waals surface area contributed by atoms with Crippen molar-refractivity contribution < 1.29 is 18.0 Å². The minimum atomic E-state index is -4.61. The minimum Gasteiger partial charge on any atom is -0.369 e. The second kappa shape index (κ2) is 5.72. The lowest BCUT2D eigenvalue weighted by Crippen LogP contribution is -2.23. The number of hydrogen-bond acceptors (Lipinski definition) is 3. The zero-order valence-corrected chi connectivity index (χ0v) is 14.0. The highest BCUT2D eigenvalue weighted by Gasteiger charge is 2.44. The number of fused-ring (bicyclic) bond motifs is 3. The molecule has 1 aliphatic carbocycles. The number of nitrogens with one attached hydrogen (secondary N) is 1. The molecule has 1 saturated carbocycles. The van der Waals surface area contributed by atoms with Gasteiger partial charge in [-0.1, -0.05) is 13.3 Å². The van der Waals surface area contributed by atoms with Gasteiger partial charge in [0, 0.05) is 23.5 Å². The number of carbonyl (C=O) groups excluding carboxylic acids is 1. The molecule has 3 heterocycles. The average molecular weight is 365 g/mol. The minimum absolute atomic E-state index is 0.0758. The number of amides is 1. The Balaban J connectivity index is 2.00. The van der Waals surface area contributed by atoms with Gasteiger partial charge in [-0.05, 0) is 24.8 Å². The topological polar surface area (TPSA) is 89.6 Å². The molecule has 26 heavy (non-hydrogen) atoms. The van der Waals surface area contributed by atoms with Crippen LogP contribution in [-0.4, -0.2) is 25.4 Å². The smallest absolute Gasteiger partial charge is 0.369 e. The number of nitrogens with zero attached hydrogens (tertiary/aromatic N) is 3. The van der Waals surface area contributed by atoms with Gasteiger partial charge in [-0.15, -0.1) is 0 Å². The average Bonchev–Trinajstić information content (AvgIpc) is 3.28. The number of alkyl halides is 3. The summed E-state index contributed by atoms with van der Waals surface area (Å²) in [7, 11) is 0. The number of H-pyrrole nitrogens is 1. The third kappa shape index (κ3) is 2.45. The highest BCUT2D eigenvalue weighted by Crippen LogP contribution is 2.46. The fourth-order valence-corrected chi connectivity index (χ4v) is 4.21. The summed E-state index contributed by atoms with van der Waals surface area (Å²) in [6.07, 6.45) is -0.176. The summed E-state index contributed by atoms with van der Waals surface area (Å²) in [4.78, 5) is 22.6. The summed E-state index contributed by atoms with van der Waals surface area (Å²) in [6.45, 7) is 1.92. The lowest BCUT2D eigenvalue weighted by atomic mass is 9.99. The number of nitrogens with two attached hydrogens (primary N) is 1. The zero-order chi connectivity index (χ0) is 18.6. The number of imidazole rings is 1. The normalized spacial score (nSPS) is 23.9. The molecule has 0 saturated heterocycles. The van der Waals surface area contributed by atoms with Gasteiger partial charge in [0.15, 0.2) is 0 Å². The molecule has 0 aromatic carbocycles. The number of primary amides is 1. The standard InChI is InChI=1S/C17H18F3N5O/c1-2-8-5-9(14(21)26)6-12(8)25-13-10-3-4-22-15(10)23-7-11(13)24-16(25)17(18,19)20/h3-4,7-9,12H,2,5-6H2,1H3,(H2,21,26)(H,22,23)/t8-,9+,12+/m1/s1. The summed E-state index contributed by atoms with van der Waals surface area (Å²) in [5.74, 6) is -1.91. The van der Waals surface area contributed by atoms with Gasteiger partial charge in [0.05, 0.1) is 11.7 Å². The molecule has 3 atom stereocenters. The van der Waals surface area contributed by atoms with Crippen LogP contribution >= 0.6 is 0 Å². The third-order valence-corrected chi connectivity index (χ3v) is 5.40. The lowest BCUT2D eigenvalue weighted by Gasteiger charge is -2.23. The van der Waals surface area contributed by atoms with Crippen molar-refractivity contribution in [3.8, 4) is 0 Å². The van der Waals surface area contributed by atoms with Gasteiger partial charge in [0.25, 0.3) is 0 Å². The molecular formula is C17H18F3N5O. The molecule has 4 rings (SSSR count). The Hall–Kier alpha value is -2.58. The molecule has 0 spiro atoms. The van der Waals surface area contributed by atoms with Crippen LogP contribution in [0.4, 0.5) is 13.2 Å². The van der Waals surface area contributed by atoms with Gasteiger partial charge in [0.2, 0.25) is 11.7 Å². The fraction of sp³-hybridized carbons (Fsp3) is 0.471. The van der Waals surface area contributed by atoms with Crippen LogP contribution < -0.4 is 5.73 Å². The van der Waals surface area contributed by atoms with E-state index in [0.717, 1.165) is 0 Å². The SMILES string of the molecule is CC[C@@H]1C[C@H](C(N)=O)C[C@@H]1n1c(C(F)(F)F)nc2cnc3[nH]ccc3c21. The van der Waals surface area contributed by atoms with Crippen molar-refractivity contribution in [1.29, 1.82) is 0 Å². The molecular weight excluding hydrogens is 347 g/mol. The van der Waals surface area contributed by atoms with Crippen LogP contribution in [0.15, 0.2) is 18.5 Å². The highest BCUT2D eigenvalue weighted by atomic mass is 19.4. The van der Waals surface area contributed by atoms with Crippen LogP contribution in [-0.2, 0) is 11.0 Å². The number of pyridine rings is 1. The first-order valence-electron chi connectivity index (χ1n) is 8.51. The molecule has 3 N–H and O–H groups in total. The molecule has 3 aromatic rings. The first-order valence-corrected chi connectivity index (χ1v) is 8.51. The predicted octanol–water partition coefficient (Wildman–Crippen LogP) is 3.39. The van der Waals surface area contributed by atoms with Crippen LogP contribution in [0.2, 0.25) is 0 Å². The van der Waals surface area contributed by atoms with Crippen molar-refractivity contribution >= 4 is 28.0 Å². The Morgan fingerprint density at radius 1 is 1.42 bits per heavy atom. The molecule has 0 unspecified atom stereocenters. The van der Waals surface area contributed by atoms with E-state index < -0.39 is 29.9 Å². The zero-order valence-electron chi connectivity index (χ0n) is 14.0. The highest BCUT2D eigenvalue weighted by molar-refractivity contribution is 6.01. The maximum Gasteiger partial charge on any atom is 0.449 e. The van der Waals surface area contributed by atoms with Gasteiger partial charge in [-0.2, -0.15) is 13.2 Å². The summed E-state index contributed by atoms with van der Waals surface area (Å²) >= 11 is 0. The van der Waals surface area contributed by atoms with Crippen molar-refractivity contribution in [2.45, 2.75) is 38.4 Å². The van der Waals surface area contributed by atoms with Crippen molar-refractivity contribution in [2.24, 2.45) is 17.6 Å². The largest absolute Gasteiger partial charge is 0.449 e. The van der Waals surface area contributed by atoms with Gasteiger partial charge in [-0.3, -0.25) is 4.79 Å². The summed E-state index contributed by atoms with van der Waals surface area (Å²) in [6, 6.07) is 1.21. The van der Waals surface area contributed by atoms with E-state index in [1.54, 1.807) is 12.3 Å². The molecule has 138 valence electrons. The van der Waals surface area contributed by atoms with Crippen LogP contribution in [0.1, 0.15) is 38.1 Å². The van der Waals surface area contributed by atoms with Crippen molar-refractivity contribution in [3.05, 3.63) is 24.3 Å². The summed E-state index contributed by atoms with van der Waals surface area (Å²) in [5.41, 5.74) is 6.54. The Morgan fingerprint density at radius 2 is 2.19 bits per heavy atom. The number of aromatic nitrogens is 4. The van der Waals surface area contributed by atoms with Crippen LogP contribution in [0, 0.1) is 11.8 Å². The molecule has 3 aromatic heterocycles. The van der Waals surface area contributed by atoms with Crippen LogP contribution in [0.25, 0.3) is 22.1 Å². The summed E-state index contributed by atoms with van der Waals surface area (Å²) in [5, 5.41) is 0.586. The van der Waals surface area contributed by atoms with E-state index >= 15 is 0 Å². The molecule has 1 amide bonds. The van der Waals surface area contributed by atoms with E-state index in [4.69, 9.17) is 5.73 Å². The van der Waals surface area contributed by atoms with Crippen molar-refractivity contribution in [2.75, 3.05) is 0 Å². The van der Waals surface area contributed by atoms with E-state index in [2.05, 4.69) is 15.0 Å². The van der Waals surface area contributed by atoms with Gasteiger partial charge in [0.1, 0.15) is 11.2 Å². The maximum absolute atomic E-state index is 13.7. The second-order valence-electron chi connectivity index (χ2n) is 6.84. The first-order chi connectivity index (χ1) is 12.3. The second-order valence-corrected chi connectivity index (χ2v) is 6.84. The van der Waals surface area contributed by atoms with Crippen molar-refractivity contribution in [1.82, 2.24) is 19.5 Å². The molecule has 0 bridgehead atoms. The monoisotopic (exact) mass is 365 g/mol. The fourth-order valence-electron chi connectivity index (χ4n) is 4.21. The quantitative estimate of drug-likeness (QED) is 0.745. The molecule has 1 aliphatic rings. The Morgan fingerprint density at radius 3 is 2.85 bits per heavy atom. The Kier molecular flexibility index (Phi) is 3.71. The summed E-state index contributed by atoms with van der Waals surface area (Å²) < 4.78 is 42.5. The van der Waals surface area contributed by atoms with E-state index in [0.29, 0.717) is 29.4 Å². The number of aromatic amines is 1. The number of halogens is 3. The molecule has 1 fully saturated rings. The van der Waals surface area contributed by atoms with Gasteiger partial charge >= 0.3 is 6.18 Å². The van der Waals surface area contributed by atoms with Crippen LogP contribution in [0.5, 0.6) is 0 Å². The van der Waals surface area contributed by atoms with E-state index in [-0.39, 0.29) is 17.9 Å². The molecule has 0 radical (unpaired) electrons. The Bertz CT molecular complexity index is 990. The third-order valence-electron chi connectivity index (χ3n) is 5.40. The Labute approximate surface area is 146 Å². The van der Waals surface area contributed by atoms with E-state index in [1.165, 1.54) is 10.8 Å². The van der Waals surface area contributed by atoms with Gasteiger partial charge in [-0.25, -0.2) is 9.97 Å². The number of carbonyl (C=O) groups is 1. The predicted molar refractivity (Wildman–Crippen MR) is 89.1 cm³/mol. The molecule has 9 heteroatoms. The van der Waals surface area contributed by atoms with E-state index in [1.807, 2.05) is 6.92 Å². The lowest BCUT2D eigenvalue weighted by molar-refractivity contribution is -0.147.